The summed E-state index contributed by atoms with van der Waals surface area (Å²) >= 11 is 6.21. The Morgan fingerprint density at radius 2 is 1.85 bits per heavy atom. The molecule has 1 N–H and O–H groups in total. The number of halogens is 1. The minimum atomic E-state index is 0.111. The van der Waals surface area contributed by atoms with E-state index in [0.29, 0.717) is 18.9 Å². The van der Waals surface area contributed by atoms with Crippen LogP contribution in [0.5, 0.6) is 0 Å². The molecule has 1 unspecified atom stereocenters. The van der Waals surface area contributed by atoms with Gasteiger partial charge in [0.1, 0.15) is 0 Å². The molecule has 0 saturated carbocycles. The number of amides is 1. The normalized spacial score (nSPS) is 20.3. The highest BCUT2D eigenvalue weighted by molar-refractivity contribution is 6.30. The molecular weight excluding hydrogens is 356 g/mol. The zero-order valence-corrected chi connectivity index (χ0v) is 16.4. The fourth-order valence-corrected chi connectivity index (χ4v) is 4.62. The topological polar surface area (TPSA) is 32.3 Å². The first-order valence-electron chi connectivity index (χ1n) is 10.0. The molecule has 27 heavy (non-hydrogen) atoms. The van der Waals surface area contributed by atoms with E-state index < -0.39 is 0 Å². The van der Waals surface area contributed by atoms with Crippen molar-refractivity contribution in [3.05, 3.63) is 70.2 Å². The second-order valence-corrected chi connectivity index (χ2v) is 8.23. The maximum atomic E-state index is 13.2. The molecule has 2 aromatic rings. The molecule has 1 fully saturated rings. The average molecular weight is 383 g/mol. The summed E-state index contributed by atoms with van der Waals surface area (Å²) in [5.74, 6) is 0.949. The first-order valence-corrected chi connectivity index (χ1v) is 10.4. The monoisotopic (exact) mass is 382 g/mol. The average Bonchev–Trinajstić information content (AvgIpc) is 2.72. The Morgan fingerprint density at radius 3 is 2.63 bits per heavy atom. The number of piperidine rings is 1. The van der Waals surface area contributed by atoms with Gasteiger partial charge in [-0.2, -0.15) is 0 Å². The van der Waals surface area contributed by atoms with Crippen molar-refractivity contribution in [1.29, 1.82) is 0 Å². The third-order valence-corrected chi connectivity index (χ3v) is 6.26. The highest BCUT2D eigenvalue weighted by Crippen LogP contribution is 2.35. The summed E-state index contributed by atoms with van der Waals surface area (Å²) < 4.78 is 0. The minimum absolute atomic E-state index is 0.111. The van der Waals surface area contributed by atoms with Crippen LogP contribution in [-0.2, 0) is 17.8 Å². The smallest absolute Gasteiger partial charge is 0.223 e. The number of carbonyl (C=O) groups is 1. The molecule has 0 bridgehead atoms. The minimum Gasteiger partial charge on any atom is -0.331 e. The van der Waals surface area contributed by atoms with Crippen LogP contribution in [-0.4, -0.2) is 23.9 Å². The molecule has 2 heterocycles. The van der Waals surface area contributed by atoms with Crippen LogP contribution in [0.1, 0.15) is 48.4 Å². The van der Waals surface area contributed by atoms with Crippen molar-refractivity contribution in [3.63, 3.8) is 0 Å². The molecule has 2 aliphatic rings. The van der Waals surface area contributed by atoms with Crippen LogP contribution in [0.15, 0.2) is 48.5 Å². The molecule has 1 amide bonds. The molecule has 1 atom stereocenters. The van der Waals surface area contributed by atoms with Gasteiger partial charge in [-0.25, -0.2) is 0 Å². The fraction of sp³-hybridized carbons (Fsp3) is 0.435. The van der Waals surface area contributed by atoms with Gasteiger partial charge in [-0.05, 0) is 73.5 Å². The third-order valence-electron chi connectivity index (χ3n) is 6.03. The Balaban J connectivity index is 1.54. The van der Waals surface area contributed by atoms with Crippen molar-refractivity contribution in [3.8, 4) is 0 Å². The summed E-state index contributed by atoms with van der Waals surface area (Å²) in [6, 6.07) is 16.6. The third kappa shape index (κ3) is 4.36. The summed E-state index contributed by atoms with van der Waals surface area (Å²) in [6.45, 7) is 2.82. The van der Waals surface area contributed by atoms with Crippen molar-refractivity contribution in [2.75, 3.05) is 13.1 Å². The zero-order chi connectivity index (χ0) is 18.6. The maximum Gasteiger partial charge on any atom is 0.223 e. The van der Waals surface area contributed by atoms with Gasteiger partial charge in [0.05, 0.1) is 6.04 Å². The van der Waals surface area contributed by atoms with Crippen LogP contribution in [0.3, 0.4) is 0 Å². The van der Waals surface area contributed by atoms with Gasteiger partial charge in [-0.1, -0.05) is 48.0 Å². The first-order chi connectivity index (χ1) is 13.2. The Kier molecular flexibility index (Phi) is 5.80. The Hall–Kier alpha value is -1.84. The molecule has 2 aromatic carbocycles. The fourth-order valence-electron chi connectivity index (χ4n) is 4.43. The van der Waals surface area contributed by atoms with E-state index in [2.05, 4.69) is 40.5 Å². The van der Waals surface area contributed by atoms with E-state index in [9.17, 15) is 4.79 Å². The Morgan fingerprint density at radius 1 is 1.07 bits per heavy atom. The van der Waals surface area contributed by atoms with Crippen LogP contribution < -0.4 is 5.32 Å². The van der Waals surface area contributed by atoms with Gasteiger partial charge < -0.3 is 10.2 Å². The molecule has 3 nitrogen and oxygen atoms in total. The summed E-state index contributed by atoms with van der Waals surface area (Å²) in [5, 5.41) is 4.15. The van der Waals surface area contributed by atoms with Crippen LogP contribution >= 0.6 is 11.6 Å². The van der Waals surface area contributed by atoms with Gasteiger partial charge >= 0.3 is 0 Å². The number of hydrogen-bond acceptors (Lipinski definition) is 2. The molecule has 0 aromatic heterocycles. The number of nitrogens with one attached hydrogen (secondary N) is 1. The molecule has 0 aliphatic carbocycles. The second-order valence-electron chi connectivity index (χ2n) is 7.80. The zero-order valence-electron chi connectivity index (χ0n) is 15.7. The van der Waals surface area contributed by atoms with E-state index in [0.717, 1.165) is 31.0 Å². The Labute approximate surface area is 166 Å². The largest absolute Gasteiger partial charge is 0.331 e. The highest BCUT2D eigenvalue weighted by atomic mass is 35.5. The standard InChI is InChI=1S/C23H27ClN2O/c24-21-8-7-19-15-22(18-4-2-1-3-5-18)26(16-20(19)14-21)23(27)9-6-17-10-12-25-13-11-17/h1-5,7-8,14,17,22,25H,6,9-13,15-16H2. The van der Waals surface area contributed by atoms with E-state index in [-0.39, 0.29) is 11.9 Å². The molecular formula is C23H27ClN2O. The summed E-state index contributed by atoms with van der Waals surface area (Å²) in [7, 11) is 0. The molecule has 0 spiro atoms. The first kappa shape index (κ1) is 18.5. The lowest BCUT2D eigenvalue weighted by Crippen LogP contribution is -2.39. The van der Waals surface area contributed by atoms with E-state index >= 15 is 0 Å². The van der Waals surface area contributed by atoms with Crippen molar-refractivity contribution in [2.45, 2.75) is 44.7 Å². The molecule has 2 aliphatic heterocycles. The Bertz CT molecular complexity index is 786. The maximum absolute atomic E-state index is 13.2. The number of nitrogens with zero attached hydrogens (tertiary/aromatic N) is 1. The van der Waals surface area contributed by atoms with E-state index in [4.69, 9.17) is 11.6 Å². The second kappa shape index (κ2) is 8.45. The van der Waals surface area contributed by atoms with Crippen LogP contribution in [0, 0.1) is 5.92 Å². The number of benzene rings is 2. The van der Waals surface area contributed by atoms with E-state index in [1.807, 2.05) is 18.2 Å². The molecule has 0 radical (unpaired) electrons. The summed E-state index contributed by atoms with van der Waals surface area (Å²) in [6.07, 6.45) is 4.88. The quantitative estimate of drug-likeness (QED) is 0.827. The van der Waals surface area contributed by atoms with Crippen LogP contribution in [0.2, 0.25) is 5.02 Å². The predicted molar refractivity (Wildman–Crippen MR) is 110 cm³/mol. The van der Waals surface area contributed by atoms with Gasteiger partial charge in [-0.3, -0.25) is 4.79 Å². The number of fused-ring (bicyclic) bond motifs is 1. The molecule has 1 saturated heterocycles. The van der Waals surface area contributed by atoms with E-state index in [1.54, 1.807) is 0 Å². The SMILES string of the molecule is O=C(CCC1CCNCC1)N1Cc2cc(Cl)ccc2CC1c1ccccc1. The summed E-state index contributed by atoms with van der Waals surface area (Å²) in [5.41, 5.74) is 3.70. The van der Waals surface area contributed by atoms with Crippen molar-refractivity contribution in [2.24, 2.45) is 5.92 Å². The lowest BCUT2D eigenvalue weighted by molar-refractivity contribution is -0.135. The van der Waals surface area contributed by atoms with Gasteiger partial charge in [0.25, 0.3) is 0 Å². The van der Waals surface area contributed by atoms with Crippen LogP contribution in [0.25, 0.3) is 0 Å². The van der Waals surface area contributed by atoms with E-state index in [1.165, 1.54) is 29.5 Å². The van der Waals surface area contributed by atoms with Gasteiger partial charge in [0.2, 0.25) is 5.91 Å². The number of hydrogen-bond donors (Lipinski definition) is 1. The lowest BCUT2D eigenvalue weighted by Gasteiger charge is -2.38. The predicted octanol–water partition coefficient (Wildman–Crippen LogP) is 4.75. The van der Waals surface area contributed by atoms with Gasteiger partial charge in [-0.15, -0.1) is 0 Å². The molecule has 4 heteroatoms. The van der Waals surface area contributed by atoms with Crippen molar-refractivity contribution < 1.29 is 4.79 Å². The number of rotatable bonds is 4. The molecule has 4 rings (SSSR count). The van der Waals surface area contributed by atoms with Crippen molar-refractivity contribution in [1.82, 2.24) is 10.2 Å². The van der Waals surface area contributed by atoms with Gasteiger partial charge in [0.15, 0.2) is 0 Å². The van der Waals surface area contributed by atoms with Crippen LogP contribution in [0.4, 0.5) is 0 Å². The van der Waals surface area contributed by atoms with Gasteiger partial charge in [0, 0.05) is 18.0 Å². The molecule has 142 valence electrons. The lowest BCUT2D eigenvalue weighted by atomic mass is 9.88. The summed E-state index contributed by atoms with van der Waals surface area (Å²) in [4.78, 5) is 15.3. The number of carbonyl (C=O) groups excluding carboxylic acids is 1. The highest BCUT2D eigenvalue weighted by Gasteiger charge is 2.31. The van der Waals surface area contributed by atoms with Crippen molar-refractivity contribution >= 4 is 17.5 Å².